The Hall–Kier alpha value is -1.13. The van der Waals surface area contributed by atoms with E-state index in [9.17, 15) is 4.79 Å². The van der Waals surface area contributed by atoms with E-state index in [0.717, 1.165) is 38.8 Å². The van der Waals surface area contributed by atoms with Gasteiger partial charge in [0.1, 0.15) is 0 Å². The molecule has 1 unspecified atom stereocenters. The monoisotopic (exact) mass is 281 g/mol. The van der Waals surface area contributed by atoms with Crippen LogP contribution in [0, 0.1) is 5.41 Å². The minimum Gasteiger partial charge on any atom is -0.323 e. The van der Waals surface area contributed by atoms with Crippen LogP contribution in [0.5, 0.6) is 0 Å². The Morgan fingerprint density at radius 1 is 1.63 bits per heavy atom. The molecule has 0 bridgehead atoms. The van der Waals surface area contributed by atoms with Crippen LogP contribution < -0.4 is 10.6 Å². The summed E-state index contributed by atoms with van der Waals surface area (Å²) in [5.74, 6) is 0.0523. The highest BCUT2D eigenvalue weighted by Gasteiger charge is 2.38. The molecule has 0 aliphatic carbocycles. The molecule has 0 aromatic carbocycles. The molecule has 1 atom stereocenters. The van der Waals surface area contributed by atoms with Crippen LogP contribution >= 0.6 is 11.6 Å². The fraction of sp³-hybridized carbons (Fsp3) is 0.571. The van der Waals surface area contributed by atoms with E-state index >= 15 is 0 Å². The normalized spacial score (nSPS) is 23.1. The highest BCUT2D eigenvalue weighted by molar-refractivity contribution is 6.32. The van der Waals surface area contributed by atoms with E-state index in [4.69, 9.17) is 11.6 Å². The lowest BCUT2D eigenvalue weighted by atomic mass is 9.76. The molecule has 2 heterocycles. The number of piperidine rings is 1. The van der Waals surface area contributed by atoms with Crippen molar-refractivity contribution in [2.24, 2.45) is 5.41 Å². The highest BCUT2D eigenvalue weighted by Crippen LogP contribution is 2.33. The summed E-state index contributed by atoms with van der Waals surface area (Å²) in [6, 6.07) is 3.55. The number of amides is 1. The molecule has 1 saturated heterocycles. The molecule has 1 aliphatic heterocycles. The van der Waals surface area contributed by atoms with Crippen molar-refractivity contribution in [3.63, 3.8) is 0 Å². The third-order valence-corrected chi connectivity index (χ3v) is 3.99. The average molecular weight is 282 g/mol. The standard InChI is InChI=1S/C14H20ClN3O/c1-2-6-14(7-4-8-16-10-14)13(19)18-11-5-3-9-17-12(11)15/h3,5,9,16H,2,4,6-8,10H2,1H3,(H,18,19). The Bertz CT molecular complexity index is 439. The molecule has 104 valence electrons. The van der Waals surface area contributed by atoms with Gasteiger partial charge in [0.25, 0.3) is 0 Å². The predicted octanol–water partition coefficient (Wildman–Crippen LogP) is 2.84. The second-order valence-corrected chi connectivity index (χ2v) is 5.46. The van der Waals surface area contributed by atoms with Crippen molar-refractivity contribution in [2.75, 3.05) is 18.4 Å². The van der Waals surface area contributed by atoms with E-state index in [-0.39, 0.29) is 11.3 Å². The lowest BCUT2D eigenvalue weighted by Crippen LogP contribution is -2.48. The van der Waals surface area contributed by atoms with Crippen LogP contribution in [0.15, 0.2) is 18.3 Å². The highest BCUT2D eigenvalue weighted by atomic mass is 35.5. The third kappa shape index (κ3) is 3.25. The lowest BCUT2D eigenvalue weighted by molar-refractivity contribution is -0.127. The average Bonchev–Trinajstić information content (AvgIpc) is 2.42. The molecule has 1 fully saturated rings. The van der Waals surface area contributed by atoms with Crippen molar-refractivity contribution in [3.8, 4) is 0 Å². The van der Waals surface area contributed by atoms with Gasteiger partial charge in [-0.05, 0) is 37.9 Å². The van der Waals surface area contributed by atoms with Gasteiger partial charge in [-0.15, -0.1) is 0 Å². The molecule has 2 N–H and O–H groups in total. The van der Waals surface area contributed by atoms with Crippen LogP contribution in [0.25, 0.3) is 0 Å². The Kier molecular flexibility index (Phi) is 4.77. The van der Waals surface area contributed by atoms with Gasteiger partial charge in [0.2, 0.25) is 5.91 Å². The fourth-order valence-corrected chi connectivity index (χ4v) is 2.87. The number of aromatic nitrogens is 1. The van der Waals surface area contributed by atoms with E-state index < -0.39 is 0 Å². The summed E-state index contributed by atoms with van der Waals surface area (Å²) in [4.78, 5) is 16.6. The molecular weight excluding hydrogens is 262 g/mol. The predicted molar refractivity (Wildman–Crippen MR) is 77.3 cm³/mol. The molecule has 1 aromatic heterocycles. The molecule has 1 aliphatic rings. The van der Waals surface area contributed by atoms with Gasteiger partial charge in [-0.25, -0.2) is 4.98 Å². The minimum atomic E-state index is -0.313. The Morgan fingerprint density at radius 2 is 2.47 bits per heavy atom. The maximum absolute atomic E-state index is 12.6. The summed E-state index contributed by atoms with van der Waals surface area (Å²) in [5, 5.41) is 6.60. The van der Waals surface area contributed by atoms with Gasteiger partial charge in [-0.1, -0.05) is 24.9 Å². The number of anilines is 1. The fourth-order valence-electron chi connectivity index (χ4n) is 2.70. The number of nitrogens with one attached hydrogen (secondary N) is 2. The largest absolute Gasteiger partial charge is 0.323 e. The Morgan fingerprint density at radius 3 is 3.11 bits per heavy atom. The summed E-state index contributed by atoms with van der Waals surface area (Å²) < 4.78 is 0. The molecule has 5 heteroatoms. The van der Waals surface area contributed by atoms with E-state index in [2.05, 4.69) is 22.5 Å². The first-order valence-corrected chi connectivity index (χ1v) is 7.18. The van der Waals surface area contributed by atoms with Gasteiger partial charge >= 0.3 is 0 Å². The van der Waals surface area contributed by atoms with E-state index in [1.165, 1.54) is 0 Å². The third-order valence-electron chi connectivity index (χ3n) is 3.69. The zero-order valence-corrected chi connectivity index (χ0v) is 12.0. The van der Waals surface area contributed by atoms with Gasteiger partial charge in [0, 0.05) is 12.7 Å². The van der Waals surface area contributed by atoms with Crippen molar-refractivity contribution in [3.05, 3.63) is 23.5 Å². The van der Waals surface area contributed by atoms with E-state index in [1.807, 2.05) is 0 Å². The number of rotatable bonds is 4. The molecular formula is C14H20ClN3O. The zero-order valence-electron chi connectivity index (χ0n) is 11.2. The molecule has 0 spiro atoms. The molecule has 0 radical (unpaired) electrons. The maximum atomic E-state index is 12.6. The summed E-state index contributed by atoms with van der Waals surface area (Å²) in [6.07, 6.45) is 5.47. The van der Waals surface area contributed by atoms with Crippen LogP contribution in [0.4, 0.5) is 5.69 Å². The molecule has 4 nitrogen and oxygen atoms in total. The molecule has 0 saturated carbocycles. The number of hydrogen-bond acceptors (Lipinski definition) is 3. The first-order valence-electron chi connectivity index (χ1n) is 6.81. The van der Waals surface area contributed by atoms with Crippen LogP contribution in [0.1, 0.15) is 32.6 Å². The molecule has 19 heavy (non-hydrogen) atoms. The molecule has 1 amide bonds. The van der Waals surface area contributed by atoms with Crippen molar-refractivity contribution in [1.82, 2.24) is 10.3 Å². The van der Waals surface area contributed by atoms with Crippen molar-refractivity contribution in [2.45, 2.75) is 32.6 Å². The van der Waals surface area contributed by atoms with Crippen LogP contribution in [0.2, 0.25) is 5.15 Å². The van der Waals surface area contributed by atoms with Crippen LogP contribution in [0.3, 0.4) is 0 Å². The maximum Gasteiger partial charge on any atom is 0.231 e. The SMILES string of the molecule is CCCC1(C(=O)Nc2cccnc2Cl)CCCNC1. The van der Waals surface area contributed by atoms with E-state index in [1.54, 1.807) is 18.3 Å². The molecule has 2 rings (SSSR count). The number of carbonyl (C=O) groups is 1. The summed E-state index contributed by atoms with van der Waals surface area (Å²) >= 11 is 5.99. The van der Waals surface area contributed by atoms with Gasteiger partial charge in [-0.2, -0.15) is 0 Å². The minimum absolute atomic E-state index is 0.0523. The number of nitrogens with zero attached hydrogens (tertiary/aromatic N) is 1. The number of halogens is 1. The number of pyridine rings is 1. The smallest absolute Gasteiger partial charge is 0.231 e. The molecule has 1 aromatic rings. The van der Waals surface area contributed by atoms with Crippen LogP contribution in [-0.2, 0) is 4.79 Å². The van der Waals surface area contributed by atoms with Gasteiger partial charge in [-0.3, -0.25) is 4.79 Å². The topological polar surface area (TPSA) is 54.0 Å². The zero-order chi connectivity index (χ0) is 13.7. The first-order chi connectivity index (χ1) is 9.18. The summed E-state index contributed by atoms with van der Waals surface area (Å²) in [7, 11) is 0. The Labute approximate surface area is 118 Å². The first kappa shape index (κ1) is 14.3. The van der Waals surface area contributed by atoms with Gasteiger partial charge < -0.3 is 10.6 Å². The summed E-state index contributed by atoms with van der Waals surface area (Å²) in [5.41, 5.74) is 0.279. The number of carbonyl (C=O) groups excluding carboxylic acids is 1. The van der Waals surface area contributed by atoms with Gasteiger partial charge in [0.05, 0.1) is 11.1 Å². The van der Waals surface area contributed by atoms with Crippen molar-refractivity contribution < 1.29 is 4.79 Å². The van der Waals surface area contributed by atoms with E-state index in [0.29, 0.717) is 10.8 Å². The second-order valence-electron chi connectivity index (χ2n) is 5.11. The second kappa shape index (κ2) is 6.35. The van der Waals surface area contributed by atoms with Crippen LogP contribution in [-0.4, -0.2) is 24.0 Å². The van der Waals surface area contributed by atoms with Crippen molar-refractivity contribution in [1.29, 1.82) is 0 Å². The lowest BCUT2D eigenvalue weighted by Gasteiger charge is -2.36. The number of hydrogen-bond donors (Lipinski definition) is 2. The summed E-state index contributed by atoms with van der Waals surface area (Å²) in [6.45, 7) is 3.84. The van der Waals surface area contributed by atoms with Gasteiger partial charge in [0.15, 0.2) is 5.15 Å². The quantitative estimate of drug-likeness (QED) is 0.835. The Balaban J connectivity index is 2.14. The van der Waals surface area contributed by atoms with Crippen molar-refractivity contribution >= 4 is 23.2 Å².